The summed E-state index contributed by atoms with van der Waals surface area (Å²) in [5.74, 6) is 0.550. The van der Waals surface area contributed by atoms with Crippen molar-refractivity contribution in [3.8, 4) is 11.5 Å². The Morgan fingerprint density at radius 3 is 2.30 bits per heavy atom. The lowest BCUT2D eigenvalue weighted by molar-refractivity contribution is -0.142. The summed E-state index contributed by atoms with van der Waals surface area (Å²) in [6, 6.07) is 23.3. The fourth-order valence-electron chi connectivity index (χ4n) is 3.81. The van der Waals surface area contributed by atoms with Crippen LogP contribution in [0.25, 0.3) is 0 Å². The quantitative estimate of drug-likeness (QED) is 0.314. The van der Waals surface area contributed by atoms with Gasteiger partial charge in [0.05, 0.1) is 12.1 Å². The molecule has 0 aromatic heterocycles. The minimum Gasteiger partial charge on any atom is -0.497 e. The molecule has 1 atom stereocenters. The van der Waals surface area contributed by atoms with Gasteiger partial charge in [0.1, 0.15) is 17.5 Å². The number of carbonyl (C=O) groups excluding carboxylic acids is 2. The van der Waals surface area contributed by atoms with Crippen LogP contribution in [0, 0.1) is 0 Å². The van der Waals surface area contributed by atoms with E-state index in [9.17, 15) is 9.59 Å². The van der Waals surface area contributed by atoms with Crippen LogP contribution in [0.1, 0.15) is 17.5 Å². The smallest absolute Gasteiger partial charge is 0.261 e. The summed E-state index contributed by atoms with van der Waals surface area (Å²) >= 11 is 6.21. The molecule has 3 aromatic rings. The number of benzene rings is 3. The number of hydrogen-bond donors (Lipinski definition) is 1. The topological polar surface area (TPSA) is 77.1 Å². The van der Waals surface area contributed by atoms with Crippen molar-refractivity contribution in [1.29, 1.82) is 0 Å². The second-order valence-corrected chi connectivity index (χ2v) is 8.84. The van der Waals surface area contributed by atoms with Gasteiger partial charge >= 0.3 is 0 Å². The number of carbonyl (C=O) groups is 2. The number of amides is 2. The van der Waals surface area contributed by atoms with E-state index in [1.54, 1.807) is 43.4 Å². The van der Waals surface area contributed by atoms with Crippen LogP contribution in [0.15, 0.2) is 78.9 Å². The van der Waals surface area contributed by atoms with Crippen molar-refractivity contribution >= 4 is 23.4 Å². The predicted octanol–water partition coefficient (Wildman–Crippen LogP) is 4.52. The molecule has 0 fully saturated rings. The molecule has 3 aromatic carbocycles. The summed E-state index contributed by atoms with van der Waals surface area (Å²) in [5.41, 5.74) is 1.80. The summed E-state index contributed by atoms with van der Waals surface area (Å²) < 4.78 is 16.1. The molecule has 8 heteroatoms. The van der Waals surface area contributed by atoms with E-state index >= 15 is 0 Å². The Balaban J connectivity index is 1.87. The highest BCUT2D eigenvalue weighted by Crippen LogP contribution is 2.24. The van der Waals surface area contributed by atoms with Crippen LogP contribution >= 0.6 is 11.6 Å². The Bertz CT molecular complexity index is 1120. The molecule has 1 N–H and O–H groups in total. The van der Waals surface area contributed by atoms with Crippen molar-refractivity contribution in [1.82, 2.24) is 10.2 Å². The van der Waals surface area contributed by atoms with Gasteiger partial charge in [-0.05, 0) is 41.8 Å². The molecule has 196 valence electrons. The van der Waals surface area contributed by atoms with Gasteiger partial charge in [-0.3, -0.25) is 9.59 Å². The number of ether oxygens (including phenoxy) is 3. The standard InChI is InChI=1S/C29H33ClN2O5/c1-35-18-8-17-31-29(34)26(19-22-9-4-3-5-10-22)32(20-23-13-15-24(36-2)16-14-23)28(33)21-37-27-12-7-6-11-25(27)30/h3-7,9-16,26H,8,17-21H2,1-2H3,(H,31,34). The third-order valence-corrected chi connectivity index (χ3v) is 6.11. The van der Waals surface area contributed by atoms with E-state index in [4.69, 9.17) is 25.8 Å². The molecule has 0 radical (unpaired) electrons. The van der Waals surface area contributed by atoms with Crippen molar-refractivity contribution in [3.05, 3.63) is 95.0 Å². The summed E-state index contributed by atoms with van der Waals surface area (Å²) in [5, 5.41) is 3.38. The molecule has 37 heavy (non-hydrogen) atoms. The molecule has 3 rings (SSSR count). The Hall–Kier alpha value is -3.55. The molecule has 0 spiro atoms. The monoisotopic (exact) mass is 524 g/mol. The molecule has 0 aliphatic heterocycles. The SMILES string of the molecule is COCCCNC(=O)C(Cc1ccccc1)N(Cc1ccc(OC)cc1)C(=O)COc1ccccc1Cl. The van der Waals surface area contributed by atoms with Crippen LogP contribution in [-0.4, -0.2) is 56.7 Å². The van der Waals surface area contributed by atoms with Crippen LogP contribution in [-0.2, 0) is 27.3 Å². The maximum atomic E-state index is 13.6. The van der Waals surface area contributed by atoms with E-state index in [2.05, 4.69) is 5.32 Å². The molecule has 7 nitrogen and oxygen atoms in total. The maximum absolute atomic E-state index is 13.6. The largest absolute Gasteiger partial charge is 0.497 e. The first-order chi connectivity index (χ1) is 18.0. The van der Waals surface area contributed by atoms with Crippen LogP contribution in [0.4, 0.5) is 0 Å². The van der Waals surface area contributed by atoms with E-state index in [0.29, 0.717) is 42.5 Å². The Labute approximate surface area is 223 Å². The molecule has 0 saturated heterocycles. The van der Waals surface area contributed by atoms with Gasteiger partial charge in [0.15, 0.2) is 6.61 Å². The molecule has 0 aliphatic rings. The zero-order chi connectivity index (χ0) is 26.5. The van der Waals surface area contributed by atoms with Crippen LogP contribution in [0.5, 0.6) is 11.5 Å². The lowest BCUT2D eigenvalue weighted by Crippen LogP contribution is -2.51. The average molecular weight is 525 g/mol. The van der Waals surface area contributed by atoms with Gasteiger partial charge in [0.25, 0.3) is 5.91 Å². The maximum Gasteiger partial charge on any atom is 0.261 e. The van der Waals surface area contributed by atoms with Crippen LogP contribution in [0.2, 0.25) is 5.02 Å². The number of nitrogens with zero attached hydrogens (tertiary/aromatic N) is 1. The van der Waals surface area contributed by atoms with Gasteiger partial charge in [0.2, 0.25) is 5.91 Å². The number of methoxy groups -OCH3 is 2. The van der Waals surface area contributed by atoms with Gasteiger partial charge in [-0.25, -0.2) is 0 Å². The number of halogens is 1. The van der Waals surface area contributed by atoms with Gasteiger partial charge in [-0.1, -0.05) is 66.2 Å². The average Bonchev–Trinajstić information content (AvgIpc) is 2.93. The molecule has 0 aliphatic carbocycles. The highest BCUT2D eigenvalue weighted by molar-refractivity contribution is 6.32. The first-order valence-electron chi connectivity index (χ1n) is 12.1. The highest BCUT2D eigenvalue weighted by atomic mass is 35.5. The molecular weight excluding hydrogens is 492 g/mol. The summed E-state index contributed by atoms with van der Waals surface area (Å²) in [7, 11) is 3.22. The Morgan fingerprint density at radius 1 is 0.919 bits per heavy atom. The second kappa shape index (κ2) is 14.9. The summed E-state index contributed by atoms with van der Waals surface area (Å²) in [6.07, 6.45) is 1.02. The van der Waals surface area contributed by atoms with Crippen molar-refractivity contribution in [2.24, 2.45) is 0 Å². The van der Waals surface area contributed by atoms with Crippen molar-refractivity contribution in [2.75, 3.05) is 34.0 Å². The number of para-hydroxylation sites is 1. The van der Waals surface area contributed by atoms with Gasteiger partial charge in [-0.15, -0.1) is 0 Å². The highest BCUT2D eigenvalue weighted by Gasteiger charge is 2.30. The number of rotatable bonds is 14. The molecular formula is C29H33ClN2O5. The Morgan fingerprint density at radius 2 is 1.62 bits per heavy atom. The van der Waals surface area contributed by atoms with Crippen molar-refractivity contribution in [2.45, 2.75) is 25.4 Å². The van der Waals surface area contributed by atoms with E-state index in [1.807, 2.05) is 54.6 Å². The lowest BCUT2D eigenvalue weighted by atomic mass is 10.0. The van der Waals surface area contributed by atoms with Gasteiger partial charge in [-0.2, -0.15) is 0 Å². The minimum absolute atomic E-state index is 0.220. The molecule has 0 saturated carbocycles. The minimum atomic E-state index is -0.755. The molecule has 2 amide bonds. The van der Waals surface area contributed by atoms with Crippen molar-refractivity contribution in [3.63, 3.8) is 0 Å². The lowest BCUT2D eigenvalue weighted by Gasteiger charge is -2.31. The normalized spacial score (nSPS) is 11.4. The molecule has 0 heterocycles. The van der Waals surface area contributed by atoms with Crippen molar-refractivity contribution < 1.29 is 23.8 Å². The third kappa shape index (κ3) is 8.81. The van der Waals surface area contributed by atoms with E-state index in [0.717, 1.165) is 11.1 Å². The van der Waals surface area contributed by atoms with E-state index in [1.165, 1.54) is 0 Å². The number of hydrogen-bond acceptors (Lipinski definition) is 5. The van der Waals surface area contributed by atoms with E-state index < -0.39 is 6.04 Å². The zero-order valence-corrected chi connectivity index (χ0v) is 21.9. The Kier molecular flexibility index (Phi) is 11.3. The van der Waals surface area contributed by atoms with Gasteiger partial charge < -0.3 is 24.4 Å². The fourth-order valence-corrected chi connectivity index (χ4v) is 4.00. The third-order valence-electron chi connectivity index (χ3n) is 5.80. The predicted molar refractivity (Wildman–Crippen MR) is 144 cm³/mol. The number of nitrogens with one attached hydrogen (secondary N) is 1. The second-order valence-electron chi connectivity index (χ2n) is 8.43. The zero-order valence-electron chi connectivity index (χ0n) is 21.2. The van der Waals surface area contributed by atoms with Crippen LogP contribution < -0.4 is 14.8 Å². The summed E-state index contributed by atoms with van der Waals surface area (Å²) in [4.78, 5) is 28.6. The molecule has 1 unspecified atom stereocenters. The summed E-state index contributed by atoms with van der Waals surface area (Å²) in [6.45, 7) is 0.933. The first-order valence-corrected chi connectivity index (χ1v) is 12.5. The van der Waals surface area contributed by atoms with Crippen LogP contribution in [0.3, 0.4) is 0 Å². The fraction of sp³-hybridized carbons (Fsp3) is 0.310. The van der Waals surface area contributed by atoms with E-state index in [-0.39, 0.29) is 25.0 Å². The first kappa shape index (κ1) is 28.0. The molecule has 0 bridgehead atoms. The van der Waals surface area contributed by atoms with Gasteiger partial charge in [0, 0.05) is 33.2 Å².